The molecule has 1 aromatic heterocycles. The molecule has 1 saturated carbocycles. The third-order valence-corrected chi connectivity index (χ3v) is 9.98. The maximum atomic E-state index is 12.8. The summed E-state index contributed by atoms with van der Waals surface area (Å²) < 4.78 is 37.3. The number of methoxy groups -OCH3 is 1. The van der Waals surface area contributed by atoms with Gasteiger partial charge in [0, 0.05) is 33.6 Å². The zero-order chi connectivity index (χ0) is 32.6. The molecule has 1 unspecified atom stereocenters. The number of aromatic nitrogens is 1. The van der Waals surface area contributed by atoms with Gasteiger partial charge in [-0.25, -0.2) is 4.79 Å². The minimum Gasteiger partial charge on any atom is -0.491 e. The normalized spacial score (nSPS) is 28.8. The predicted molar refractivity (Wildman–Crippen MR) is 167 cm³/mol. The number of carbonyl (C=O) groups is 4. The van der Waals surface area contributed by atoms with Gasteiger partial charge in [0.1, 0.15) is 11.5 Å². The molecule has 242 valence electrons. The van der Waals surface area contributed by atoms with E-state index in [0.717, 1.165) is 32.8 Å². The van der Waals surface area contributed by atoms with Crippen molar-refractivity contribution in [3.05, 3.63) is 21.2 Å². The van der Waals surface area contributed by atoms with E-state index in [2.05, 4.69) is 43.7 Å². The van der Waals surface area contributed by atoms with Gasteiger partial charge >= 0.3 is 17.9 Å². The van der Waals surface area contributed by atoms with E-state index in [1.165, 1.54) is 31.5 Å². The van der Waals surface area contributed by atoms with Crippen LogP contribution in [0.4, 0.5) is 0 Å². The average Bonchev–Trinajstić information content (AvgIpc) is 3.45. The first-order valence-corrected chi connectivity index (χ1v) is 16.4. The van der Waals surface area contributed by atoms with Crippen molar-refractivity contribution in [2.75, 3.05) is 13.7 Å². The van der Waals surface area contributed by atoms with Gasteiger partial charge in [0.2, 0.25) is 12.2 Å². The van der Waals surface area contributed by atoms with Gasteiger partial charge < -0.3 is 28.4 Å². The minimum absolute atomic E-state index is 0.252. The van der Waals surface area contributed by atoms with Crippen molar-refractivity contribution in [1.82, 2.24) is 4.57 Å². The zero-order valence-electron chi connectivity index (χ0n) is 25.6. The fourth-order valence-electron chi connectivity index (χ4n) is 6.43. The van der Waals surface area contributed by atoms with Crippen LogP contribution in [0.5, 0.6) is 11.5 Å². The van der Waals surface area contributed by atoms with Crippen LogP contribution in [-0.4, -0.2) is 66.7 Å². The molecule has 1 aromatic carbocycles. The number of ether oxygens (including phenoxy) is 6. The van der Waals surface area contributed by atoms with Crippen LogP contribution in [0.3, 0.4) is 0 Å². The Hall–Kier alpha value is -3.08. The molecule has 8 atom stereocenters. The molecular weight excluding hydrogens is 718 g/mol. The lowest BCUT2D eigenvalue weighted by molar-refractivity contribution is -0.261. The molecule has 0 bridgehead atoms. The fourth-order valence-corrected chi connectivity index (χ4v) is 7.96. The molecule has 2 aliphatic carbocycles. The number of halogens is 2. The van der Waals surface area contributed by atoms with E-state index in [1.807, 2.05) is 0 Å². The molecule has 0 radical (unpaired) electrons. The fraction of sp³-hybridized carbons (Fsp3) is 0.562. The highest BCUT2D eigenvalue weighted by atomic mass is 79.9. The van der Waals surface area contributed by atoms with Crippen molar-refractivity contribution < 1.29 is 47.6 Å². The Kier molecular flexibility index (Phi) is 10.2. The van der Waals surface area contributed by atoms with E-state index in [-0.39, 0.29) is 11.7 Å². The Morgan fingerprint density at radius 1 is 1.00 bits per heavy atom. The standard InChI is InChI=1S/C32H35Br2NO10/c1-15-27(42-17(3)37)29(43-18(4)38)30(31(39)40-5)45-32(15)44-24-13-35(16(2)36)23-12-22(33)28(26(34)25(23)24)41-14-21-19-10-8-6-7-9-11-20(19)21/h12-13,15,19-21,27,29-30,32H,8-11,14H2,1-5H3/t15-,19-,20+,21?,27-,29+,30+,32-/m1/s1. The Bertz CT molecular complexity index is 1560. The summed E-state index contributed by atoms with van der Waals surface area (Å²) in [6, 6.07) is 1.79. The number of carbonyl (C=O) groups excluding carboxylic acids is 4. The van der Waals surface area contributed by atoms with E-state index in [4.69, 9.17) is 28.4 Å². The van der Waals surface area contributed by atoms with Crippen molar-refractivity contribution >= 4 is 66.6 Å². The first-order chi connectivity index (χ1) is 21.4. The number of benzene rings is 1. The van der Waals surface area contributed by atoms with Crippen LogP contribution < -0.4 is 9.47 Å². The van der Waals surface area contributed by atoms with Gasteiger partial charge in [-0.1, -0.05) is 6.92 Å². The maximum absolute atomic E-state index is 12.8. The molecule has 11 nitrogen and oxygen atoms in total. The van der Waals surface area contributed by atoms with Crippen molar-refractivity contribution in [3.63, 3.8) is 0 Å². The minimum atomic E-state index is -1.46. The average molecular weight is 753 g/mol. The first kappa shape index (κ1) is 33.3. The highest BCUT2D eigenvalue weighted by Crippen LogP contribution is 2.53. The Balaban J connectivity index is 1.47. The summed E-state index contributed by atoms with van der Waals surface area (Å²) in [5.74, 6) is 5.74. The number of esters is 3. The van der Waals surface area contributed by atoms with E-state index in [1.54, 1.807) is 13.0 Å². The number of fused-ring (bicyclic) bond motifs is 2. The number of hydrogen-bond acceptors (Lipinski definition) is 10. The van der Waals surface area contributed by atoms with Gasteiger partial charge in [-0.3, -0.25) is 19.0 Å². The van der Waals surface area contributed by atoms with Crippen molar-refractivity contribution in [3.8, 4) is 23.3 Å². The third-order valence-electron chi connectivity index (χ3n) is 8.64. The second kappa shape index (κ2) is 13.7. The van der Waals surface area contributed by atoms with Crippen molar-refractivity contribution in [1.29, 1.82) is 0 Å². The lowest BCUT2D eigenvalue weighted by Gasteiger charge is -2.42. The predicted octanol–water partition coefficient (Wildman–Crippen LogP) is 5.42. The quantitative estimate of drug-likeness (QED) is 0.196. The molecule has 2 heterocycles. The van der Waals surface area contributed by atoms with Crippen LogP contribution in [0.25, 0.3) is 10.9 Å². The summed E-state index contributed by atoms with van der Waals surface area (Å²) in [6.45, 7) is 6.02. The lowest BCUT2D eigenvalue weighted by Crippen LogP contribution is -2.60. The molecule has 5 rings (SSSR count). The molecule has 45 heavy (non-hydrogen) atoms. The van der Waals surface area contributed by atoms with E-state index in [0.29, 0.717) is 50.0 Å². The van der Waals surface area contributed by atoms with Crippen LogP contribution in [0, 0.1) is 35.5 Å². The summed E-state index contributed by atoms with van der Waals surface area (Å²) in [5.41, 5.74) is 0.538. The molecule has 2 fully saturated rings. The SMILES string of the molecule is COC(=O)[C@H]1O[C@@H](Oc2cn(C(C)=O)c3cc(Br)c(OCC4[C@H]5CCC#CCC[C@@H]45)c(Br)c23)[C@H](C)[C@@H](OC(C)=O)[C@@H]1OC(C)=O. The summed E-state index contributed by atoms with van der Waals surface area (Å²) >= 11 is 7.33. The van der Waals surface area contributed by atoms with E-state index < -0.39 is 48.4 Å². The van der Waals surface area contributed by atoms with Gasteiger partial charge in [0.25, 0.3) is 0 Å². The van der Waals surface area contributed by atoms with Crippen LogP contribution in [0.15, 0.2) is 21.2 Å². The van der Waals surface area contributed by atoms with Crippen molar-refractivity contribution in [2.24, 2.45) is 23.7 Å². The van der Waals surface area contributed by atoms with Gasteiger partial charge in [-0.05, 0) is 68.5 Å². The maximum Gasteiger partial charge on any atom is 0.339 e. The second-order valence-corrected chi connectivity index (χ2v) is 13.2. The lowest BCUT2D eigenvalue weighted by atomic mass is 9.91. The summed E-state index contributed by atoms with van der Waals surface area (Å²) in [7, 11) is 1.16. The molecule has 1 aliphatic heterocycles. The first-order valence-electron chi connectivity index (χ1n) is 14.8. The van der Waals surface area contributed by atoms with Crippen LogP contribution in [-0.2, 0) is 33.3 Å². The molecule has 2 aromatic rings. The summed E-state index contributed by atoms with van der Waals surface area (Å²) in [4.78, 5) is 49.5. The van der Waals surface area contributed by atoms with Gasteiger partial charge in [-0.2, -0.15) is 0 Å². The topological polar surface area (TPSA) is 129 Å². The van der Waals surface area contributed by atoms with Crippen LogP contribution in [0.2, 0.25) is 0 Å². The molecule has 13 heteroatoms. The third kappa shape index (κ3) is 6.88. The molecule has 1 saturated heterocycles. The van der Waals surface area contributed by atoms with Gasteiger partial charge in [0.05, 0.1) is 45.7 Å². The Morgan fingerprint density at radius 3 is 2.20 bits per heavy atom. The Morgan fingerprint density at radius 2 is 1.62 bits per heavy atom. The van der Waals surface area contributed by atoms with Gasteiger partial charge in [-0.15, -0.1) is 11.8 Å². The molecule has 0 N–H and O–H groups in total. The molecule has 0 amide bonds. The largest absolute Gasteiger partial charge is 0.491 e. The summed E-state index contributed by atoms with van der Waals surface area (Å²) in [5, 5.41) is 0.537. The zero-order valence-corrected chi connectivity index (χ0v) is 28.8. The Labute approximate surface area is 277 Å². The number of nitrogens with zero attached hydrogens (tertiary/aromatic N) is 1. The number of rotatable bonds is 8. The monoisotopic (exact) mass is 751 g/mol. The smallest absolute Gasteiger partial charge is 0.339 e. The number of hydrogen-bond donors (Lipinski definition) is 0. The van der Waals surface area contributed by atoms with E-state index >= 15 is 0 Å². The highest BCUT2D eigenvalue weighted by Gasteiger charge is 2.53. The van der Waals surface area contributed by atoms with E-state index in [9.17, 15) is 19.2 Å². The summed E-state index contributed by atoms with van der Waals surface area (Å²) in [6.07, 6.45) is 0.483. The molecule has 3 aliphatic rings. The van der Waals surface area contributed by atoms with Gasteiger partial charge in [0.15, 0.2) is 18.3 Å². The molecular formula is C32H35Br2NO10. The highest BCUT2D eigenvalue weighted by molar-refractivity contribution is 9.11. The van der Waals surface area contributed by atoms with Crippen molar-refractivity contribution in [2.45, 2.75) is 78.0 Å². The van der Waals surface area contributed by atoms with Crippen LogP contribution >= 0.6 is 31.9 Å². The second-order valence-electron chi connectivity index (χ2n) is 11.6. The van der Waals surface area contributed by atoms with Crippen LogP contribution in [0.1, 0.15) is 58.2 Å². The molecule has 0 spiro atoms.